The molecule has 1 aliphatic carbocycles. The largest absolute Gasteiger partial charge is 0.465 e. The zero-order chi connectivity index (χ0) is 15.4. The number of benzene rings is 1. The Labute approximate surface area is 129 Å². The molecule has 6 heteroatoms. The highest BCUT2D eigenvalue weighted by Gasteiger charge is 2.30. The molecule has 1 aliphatic rings. The second-order valence-electron chi connectivity index (χ2n) is 5.25. The first-order valence-electron chi connectivity index (χ1n) is 7.13. The van der Waals surface area contributed by atoms with E-state index < -0.39 is 5.97 Å². The Kier molecular flexibility index (Phi) is 5.31. The third kappa shape index (κ3) is 3.41. The molecule has 1 fully saturated rings. The van der Waals surface area contributed by atoms with Crippen LogP contribution in [-0.4, -0.2) is 37.4 Å². The maximum Gasteiger partial charge on any atom is 0.340 e. The second-order valence-corrected chi connectivity index (χ2v) is 5.65. The van der Waals surface area contributed by atoms with E-state index in [-0.39, 0.29) is 6.61 Å². The molecule has 0 unspecified atom stereocenters. The molecule has 1 aromatic rings. The van der Waals surface area contributed by atoms with Crippen LogP contribution in [0.25, 0.3) is 0 Å². The number of nitrogens with two attached hydrogens (primary N) is 1. The number of ether oxygens (including phenoxy) is 1. The Morgan fingerprint density at radius 2 is 2.24 bits per heavy atom. The summed E-state index contributed by atoms with van der Waals surface area (Å²) in [6.07, 6.45) is 3.91. The van der Waals surface area contributed by atoms with Gasteiger partial charge in [-0.15, -0.1) is 0 Å². The maximum atomic E-state index is 12.0. The fourth-order valence-electron chi connectivity index (χ4n) is 2.59. The van der Waals surface area contributed by atoms with Gasteiger partial charge in [0.2, 0.25) is 0 Å². The average Bonchev–Trinajstić information content (AvgIpc) is 2.40. The summed E-state index contributed by atoms with van der Waals surface area (Å²) in [6.45, 7) is 0.748. The second kappa shape index (κ2) is 7.00. The van der Waals surface area contributed by atoms with Crippen LogP contribution in [0.15, 0.2) is 12.1 Å². The van der Waals surface area contributed by atoms with E-state index in [9.17, 15) is 4.79 Å². The first-order chi connectivity index (χ1) is 10.1. The van der Waals surface area contributed by atoms with Crippen molar-refractivity contribution in [3.8, 4) is 0 Å². The van der Waals surface area contributed by atoms with Gasteiger partial charge in [0.05, 0.1) is 23.4 Å². The number of hydrogen-bond donors (Lipinski definition) is 2. The highest BCUT2D eigenvalue weighted by molar-refractivity contribution is 6.34. The summed E-state index contributed by atoms with van der Waals surface area (Å²) in [6, 6.07) is 3.59. The number of anilines is 2. The number of rotatable bonds is 6. The van der Waals surface area contributed by atoms with E-state index in [1.807, 2.05) is 0 Å². The minimum absolute atomic E-state index is 0.101. The summed E-state index contributed by atoms with van der Waals surface area (Å²) in [7, 11) is 1.34. The predicted octanol–water partition coefficient (Wildman–Crippen LogP) is 2.45. The molecular formula is C15H21ClN2O3. The van der Waals surface area contributed by atoms with Gasteiger partial charge in [-0.1, -0.05) is 11.6 Å². The molecule has 0 aromatic heterocycles. The highest BCUT2D eigenvalue weighted by Crippen LogP contribution is 2.38. The fraction of sp³-hybridized carbons (Fsp3) is 0.533. The molecule has 1 saturated carbocycles. The van der Waals surface area contributed by atoms with Crippen LogP contribution in [0.4, 0.5) is 11.4 Å². The van der Waals surface area contributed by atoms with Crippen molar-refractivity contribution >= 4 is 28.9 Å². The molecule has 1 aromatic carbocycles. The van der Waals surface area contributed by atoms with E-state index in [0.29, 0.717) is 41.0 Å². The van der Waals surface area contributed by atoms with Gasteiger partial charge in [0.15, 0.2) is 0 Å². The molecule has 0 saturated heterocycles. The van der Waals surface area contributed by atoms with Crippen molar-refractivity contribution in [3.63, 3.8) is 0 Å². The van der Waals surface area contributed by atoms with Crippen molar-refractivity contribution < 1.29 is 14.6 Å². The average molecular weight is 313 g/mol. The third-order valence-corrected chi connectivity index (χ3v) is 4.14. The van der Waals surface area contributed by atoms with Gasteiger partial charge in [0.1, 0.15) is 0 Å². The van der Waals surface area contributed by atoms with Crippen molar-refractivity contribution in [2.24, 2.45) is 0 Å². The Morgan fingerprint density at radius 3 is 2.76 bits per heavy atom. The van der Waals surface area contributed by atoms with E-state index in [0.717, 1.165) is 12.8 Å². The number of halogens is 1. The molecule has 21 heavy (non-hydrogen) atoms. The summed E-state index contributed by atoms with van der Waals surface area (Å²) in [5, 5.41) is 9.55. The summed E-state index contributed by atoms with van der Waals surface area (Å²) in [4.78, 5) is 14.1. The van der Waals surface area contributed by atoms with Crippen LogP contribution in [0.1, 0.15) is 36.0 Å². The number of nitrogens with zero attached hydrogens (tertiary/aromatic N) is 1. The molecule has 3 N–H and O–H groups in total. The Hall–Kier alpha value is -1.46. The lowest BCUT2D eigenvalue weighted by atomic mass is 9.90. The molecule has 0 spiro atoms. The standard InChI is InChI=1S/C15H21ClN2O3/c1-21-15(20)12-8-10(17)9-13(16)14(12)18(6-3-7-19)11-4-2-5-11/h8-9,11,19H,2-7,17H2,1H3. The van der Waals surface area contributed by atoms with Crippen molar-refractivity contribution in [1.29, 1.82) is 0 Å². The lowest BCUT2D eigenvalue weighted by Gasteiger charge is -2.40. The minimum Gasteiger partial charge on any atom is -0.465 e. The van der Waals surface area contributed by atoms with Crippen LogP contribution in [0.5, 0.6) is 0 Å². The summed E-state index contributed by atoms with van der Waals surface area (Å²) >= 11 is 6.34. The number of aliphatic hydroxyl groups excluding tert-OH is 1. The van der Waals surface area contributed by atoms with E-state index in [2.05, 4.69) is 4.90 Å². The van der Waals surface area contributed by atoms with E-state index in [1.165, 1.54) is 13.5 Å². The molecule has 116 valence electrons. The zero-order valence-corrected chi connectivity index (χ0v) is 12.9. The van der Waals surface area contributed by atoms with Crippen LogP contribution in [0.3, 0.4) is 0 Å². The van der Waals surface area contributed by atoms with Gasteiger partial charge in [0, 0.05) is 24.9 Å². The summed E-state index contributed by atoms with van der Waals surface area (Å²) in [5.74, 6) is -0.451. The highest BCUT2D eigenvalue weighted by atomic mass is 35.5. The summed E-state index contributed by atoms with van der Waals surface area (Å²) in [5.41, 5.74) is 7.27. The number of carbonyl (C=O) groups is 1. The van der Waals surface area contributed by atoms with Crippen molar-refractivity contribution in [2.45, 2.75) is 31.7 Å². The molecule has 5 nitrogen and oxygen atoms in total. The zero-order valence-electron chi connectivity index (χ0n) is 12.1. The van der Waals surface area contributed by atoms with Crippen LogP contribution in [0, 0.1) is 0 Å². The number of esters is 1. The van der Waals surface area contributed by atoms with E-state index in [4.69, 9.17) is 27.2 Å². The molecule has 0 bridgehead atoms. The van der Waals surface area contributed by atoms with Crippen LogP contribution >= 0.6 is 11.6 Å². The van der Waals surface area contributed by atoms with Gasteiger partial charge in [-0.25, -0.2) is 4.79 Å². The number of aliphatic hydroxyl groups is 1. The van der Waals surface area contributed by atoms with Gasteiger partial charge < -0.3 is 20.5 Å². The van der Waals surface area contributed by atoms with Gasteiger partial charge in [-0.05, 0) is 37.8 Å². The monoisotopic (exact) mass is 312 g/mol. The lowest BCUT2D eigenvalue weighted by Crippen LogP contribution is -2.42. The molecule has 0 aliphatic heterocycles. The van der Waals surface area contributed by atoms with E-state index >= 15 is 0 Å². The maximum absolute atomic E-state index is 12.0. The molecule has 0 radical (unpaired) electrons. The predicted molar refractivity (Wildman–Crippen MR) is 83.9 cm³/mol. The Morgan fingerprint density at radius 1 is 1.52 bits per heavy atom. The first-order valence-corrected chi connectivity index (χ1v) is 7.51. The van der Waals surface area contributed by atoms with Gasteiger partial charge in [-0.3, -0.25) is 0 Å². The van der Waals surface area contributed by atoms with Gasteiger partial charge in [-0.2, -0.15) is 0 Å². The van der Waals surface area contributed by atoms with Crippen molar-refractivity contribution in [1.82, 2.24) is 0 Å². The number of nitrogen functional groups attached to an aromatic ring is 1. The third-order valence-electron chi connectivity index (χ3n) is 3.85. The van der Waals surface area contributed by atoms with Crippen molar-refractivity contribution in [3.05, 3.63) is 22.7 Å². The quantitative estimate of drug-likeness (QED) is 0.623. The topological polar surface area (TPSA) is 75.8 Å². The minimum atomic E-state index is -0.451. The smallest absolute Gasteiger partial charge is 0.340 e. The fourth-order valence-corrected chi connectivity index (χ4v) is 2.93. The van der Waals surface area contributed by atoms with Crippen LogP contribution in [-0.2, 0) is 4.74 Å². The number of hydrogen-bond acceptors (Lipinski definition) is 5. The number of methoxy groups -OCH3 is 1. The van der Waals surface area contributed by atoms with Gasteiger partial charge >= 0.3 is 5.97 Å². The van der Waals surface area contributed by atoms with Crippen LogP contribution < -0.4 is 10.6 Å². The Balaban J connectivity index is 2.44. The normalized spacial score (nSPS) is 14.6. The van der Waals surface area contributed by atoms with Gasteiger partial charge in [0.25, 0.3) is 0 Å². The molecule has 0 amide bonds. The molecule has 0 heterocycles. The summed E-state index contributed by atoms with van der Waals surface area (Å²) < 4.78 is 4.84. The molecule has 2 rings (SSSR count). The van der Waals surface area contributed by atoms with Crippen LogP contribution in [0.2, 0.25) is 5.02 Å². The molecule has 0 atom stereocenters. The number of carbonyl (C=O) groups excluding carboxylic acids is 1. The first kappa shape index (κ1) is 15.9. The Bertz CT molecular complexity index is 518. The lowest BCUT2D eigenvalue weighted by molar-refractivity contribution is 0.0601. The van der Waals surface area contributed by atoms with E-state index in [1.54, 1.807) is 12.1 Å². The molecular weight excluding hydrogens is 292 g/mol. The SMILES string of the molecule is COC(=O)c1cc(N)cc(Cl)c1N(CCCO)C1CCC1. The van der Waals surface area contributed by atoms with Crippen molar-refractivity contribution in [2.75, 3.05) is 30.9 Å².